The summed E-state index contributed by atoms with van der Waals surface area (Å²) in [5.41, 5.74) is 2.42. The average Bonchev–Trinajstić information content (AvgIpc) is 3.17. The van der Waals surface area contributed by atoms with Crippen molar-refractivity contribution in [1.82, 2.24) is 15.0 Å². The standard InChI is InChI=1S/C20H19ClN4O4/c1-27-16-8-7-14(9-17(16)28-2)22-20(26)19-15-11-29-18(10-25(15)24-23-19)12-3-5-13(21)6-4-12/h3-9,18H,10-11H2,1-2H3,(H,22,26)/t18-/m1/s1. The summed E-state index contributed by atoms with van der Waals surface area (Å²) in [6.45, 7) is 0.697. The predicted octanol–water partition coefficient (Wildman–Crippen LogP) is 3.47. The smallest absolute Gasteiger partial charge is 0.278 e. The van der Waals surface area contributed by atoms with Gasteiger partial charge in [0.2, 0.25) is 0 Å². The molecule has 29 heavy (non-hydrogen) atoms. The molecule has 8 nitrogen and oxygen atoms in total. The third-order valence-corrected chi connectivity index (χ3v) is 4.95. The zero-order valence-corrected chi connectivity index (χ0v) is 16.6. The first-order chi connectivity index (χ1) is 14.1. The highest BCUT2D eigenvalue weighted by atomic mass is 35.5. The van der Waals surface area contributed by atoms with Crippen LogP contribution in [0.5, 0.6) is 11.5 Å². The van der Waals surface area contributed by atoms with E-state index in [0.29, 0.717) is 34.4 Å². The molecule has 150 valence electrons. The second-order valence-corrected chi connectivity index (χ2v) is 6.88. The third kappa shape index (κ3) is 3.90. The van der Waals surface area contributed by atoms with Crippen LogP contribution < -0.4 is 14.8 Å². The molecule has 1 amide bonds. The Labute approximate surface area is 172 Å². The number of amides is 1. The van der Waals surface area contributed by atoms with Crippen LogP contribution in [0.15, 0.2) is 42.5 Å². The fourth-order valence-electron chi connectivity index (χ4n) is 3.17. The number of halogens is 1. The van der Waals surface area contributed by atoms with E-state index in [1.165, 1.54) is 7.11 Å². The lowest BCUT2D eigenvalue weighted by Crippen LogP contribution is -2.24. The molecule has 1 aromatic heterocycles. The number of ether oxygens (including phenoxy) is 3. The van der Waals surface area contributed by atoms with E-state index in [1.807, 2.05) is 24.3 Å². The van der Waals surface area contributed by atoms with Crippen LogP contribution in [-0.4, -0.2) is 35.1 Å². The number of hydrogen-bond donors (Lipinski definition) is 1. The first-order valence-corrected chi connectivity index (χ1v) is 9.29. The molecule has 2 aromatic carbocycles. The van der Waals surface area contributed by atoms with Gasteiger partial charge in [0.05, 0.1) is 33.1 Å². The normalized spacial score (nSPS) is 15.5. The lowest BCUT2D eigenvalue weighted by molar-refractivity contribution is -0.00171. The van der Waals surface area contributed by atoms with Crippen molar-refractivity contribution < 1.29 is 19.0 Å². The Hall–Kier alpha value is -3.10. The van der Waals surface area contributed by atoms with E-state index >= 15 is 0 Å². The van der Waals surface area contributed by atoms with E-state index in [-0.39, 0.29) is 24.3 Å². The van der Waals surface area contributed by atoms with Crippen molar-refractivity contribution in [2.75, 3.05) is 19.5 Å². The van der Waals surface area contributed by atoms with E-state index in [2.05, 4.69) is 15.6 Å². The largest absolute Gasteiger partial charge is 0.493 e. The number of benzene rings is 2. The quantitative estimate of drug-likeness (QED) is 0.687. The van der Waals surface area contributed by atoms with Crippen molar-refractivity contribution in [1.29, 1.82) is 0 Å². The van der Waals surface area contributed by atoms with Crippen LogP contribution in [0.2, 0.25) is 5.02 Å². The van der Waals surface area contributed by atoms with E-state index in [4.69, 9.17) is 25.8 Å². The molecular weight excluding hydrogens is 396 g/mol. The van der Waals surface area contributed by atoms with Gasteiger partial charge in [0.1, 0.15) is 6.10 Å². The Kier molecular flexibility index (Phi) is 5.37. The number of carbonyl (C=O) groups is 1. The minimum absolute atomic E-state index is 0.178. The van der Waals surface area contributed by atoms with Crippen molar-refractivity contribution in [2.24, 2.45) is 0 Å². The lowest BCUT2D eigenvalue weighted by Gasteiger charge is -2.24. The van der Waals surface area contributed by atoms with Crippen LogP contribution in [0.4, 0.5) is 5.69 Å². The second kappa shape index (κ2) is 8.10. The van der Waals surface area contributed by atoms with Gasteiger partial charge in [-0.1, -0.05) is 28.9 Å². The lowest BCUT2D eigenvalue weighted by atomic mass is 10.1. The number of carbonyl (C=O) groups excluding carboxylic acids is 1. The Morgan fingerprint density at radius 2 is 1.93 bits per heavy atom. The number of hydrogen-bond acceptors (Lipinski definition) is 6. The monoisotopic (exact) mass is 414 g/mol. The van der Waals surface area contributed by atoms with E-state index in [9.17, 15) is 4.79 Å². The Balaban J connectivity index is 1.50. The number of fused-ring (bicyclic) bond motifs is 1. The molecule has 9 heteroatoms. The summed E-state index contributed by atoms with van der Waals surface area (Å²) in [7, 11) is 3.09. The molecule has 0 saturated heterocycles. The summed E-state index contributed by atoms with van der Waals surface area (Å²) < 4.78 is 18.1. The molecule has 3 aromatic rings. The summed E-state index contributed by atoms with van der Waals surface area (Å²) in [5, 5.41) is 11.7. The first-order valence-electron chi connectivity index (χ1n) is 8.92. The number of anilines is 1. The maximum atomic E-state index is 12.7. The van der Waals surface area contributed by atoms with Crippen molar-refractivity contribution in [3.05, 3.63) is 64.4 Å². The van der Waals surface area contributed by atoms with Gasteiger partial charge in [0.15, 0.2) is 17.2 Å². The van der Waals surface area contributed by atoms with Gasteiger partial charge in [-0.15, -0.1) is 5.10 Å². The summed E-state index contributed by atoms with van der Waals surface area (Å²) in [4.78, 5) is 12.7. The molecular formula is C20H19ClN4O4. The van der Waals surface area contributed by atoms with Crippen molar-refractivity contribution in [3.8, 4) is 11.5 Å². The topological polar surface area (TPSA) is 87.5 Å². The SMILES string of the molecule is COc1ccc(NC(=O)c2nnn3c2CO[C@@H](c2ccc(Cl)cc2)C3)cc1OC. The van der Waals surface area contributed by atoms with Gasteiger partial charge >= 0.3 is 0 Å². The molecule has 1 N–H and O–H groups in total. The van der Waals surface area contributed by atoms with Crippen LogP contribution in [-0.2, 0) is 17.9 Å². The number of nitrogens with zero attached hydrogens (tertiary/aromatic N) is 3. The fraction of sp³-hybridized carbons (Fsp3) is 0.250. The zero-order valence-electron chi connectivity index (χ0n) is 15.9. The molecule has 4 rings (SSSR count). The van der Waals surface area contributed by atoms with Crippen molar-refractivity contribution >= 4 is 23.2 Å². The second-order valence-electron chi connectivity index (χ2n) is 6.44. The number of methoxy groups -OCH3 is 2. The van der Waals surface area contributed by atoms with Gasteiger partial charge in [-0.05, 0) is 29.8 Å². The highest BCUT2D eigenvalue weighted by Crippen LogP contribution is 2.31. The Morgan fingerprint density at radius 3 is 2.66 bits per heavy atom. The molecule has 0 radical (unpaired) electrons. The Bertz CT molecular complexity index is 1040. The van der Waals surface area contributed by atoms with Crippen LogP contribution in [0.1, 0.15) is 27.8 Å². The molecule has 0 bridgehead atoms. The Morgan fingerprint density at radius 1 is 1.17 bits per heavy atom. The van der Waals surface area contributed by atoms with Gasteiger partial charge in [-0.25, -0.2) is 4.68 Å². The van der Waals surface area contributed by atoms with E-state index in [1.54, 1.807) is 30.0 Å². The molecule has 0 fully saturated rings. The summed E-state index contributed by atoms with van der Waals surface area (Å²) in [6, 6.07) is 12.6. The molecule has 0 unspecified atom stereocenters. The summed E-state index contributed by atoms with van der Waals surface area (Å²) >= 11 is 5.94. The highest BCUT2D eigenvalue weighted by molar-refractivity contribution is 6.30. The first kappa shape index (κ1) is 19.2. The average molecular weight is 415 g/mol. The van der Waals surface area contributed by atoms with Crippen LogP contribution in [0.3, 0.4) is 0 Å². The van der Waals surface area contributed by atoms with Crippen LogP contribution in [0, 0.1) is 0 Å². The molecule has 0 aliphatic carbocycles. The van der Waals surface area contributed by atoms with Gasteiger partial charge in [0.25, 0.3) is 5.91 Å². The van der Waals surface area contributed by atoms with Crippen molar-refractivity contribution in [3.63, 3.8) is 0 Å². The summed E-state index contributed by atoms with van der Waals surface area (Å²) in [6.07, 6.45) is -0.178. The van der Waals surface area contributed by atoms with E-state index < -0.39 is 0 Å². The van der Waals surface area contributed by atoms with Crippen LogP contribution >= 0.6 is 11.6 Å². The van der Waals surface area contributed by atoms with Gasteiger partial charge < -0.3 is 19.5 Å². The van der Waals surface area contributed by atoms with Crippen LogP contribution in [0.25, 0.3) is 0 Å². The minimum atomic E-state index is -0.369. The molecule has 0 spiro atoms. The molecule has 1 aliphatic rings. The number of nitrogens with one attached hydrogen (secondary N) is 1. The molecule has 2 heterocycles. The third-order valence-electron chi connectivity index (χ3n) is 4.70. The van der Waals surface area contributed by atoms with E-state index in [0.717, 1.165) is 5.56 Å². The number of rotatable bonds is 5. The summed E-state index contributed by atoms with van der Waals surface area (Å²) in [5.74, 6) is 0.727. The number of aromatic nitrogens is 3. The maximum absolute atomic E-state index is 12.7. The molecule has 1 aliphatic heterocycles. The molecule has 1 atom stereocenters. The minimum Gasteiger partial charge on any atom is -0.493 e. The molecule has 0 saturated carbocycles. The predicted molar refractivity (Wildman–Crippen MR) is 107 cm³/mol. The zero-order chi connectivity index (χ0) is 20.4. The highest BCUT2D eigenvalue weighted by Gasteiger charge is 2.27. The van der Waals surface area contributed by atoms with Gasteiger partial charge in [-0.2, -0.15) is 0 Å². The fourth-order valence-corrected chi connectivity index (χ4v) is 3.30. The van der Waals surface area contributed by atoms with Gasteiger partial charge in [-0.3, -0.25) is 4.79 Å². The maximum Gasteiger partial charge on any atom is 0.278 e. The van der Waals surface area contributed by atoms with Crippen molar-refractivity contribution in [2.45, 2.75) is 19.3 Å². The van der Waals surface area contributed by atoms with Gasteiger partial charge in [0, 0.05) is 16.8 Å².